The number of hydrogen-bond acceptors (Lipinski definition) is 6. The molecule has 1 aliphatic heterocycles. The van der Waals surface area contributed by atoms with Crippen molar-refractivity contribution in [1.82, 2.24) is 19.7 Å². The van der Waals surface area contributed by atoms with Crippen LogP contribution in [0.15, 0.2) is 35.8 Å². The third kappa shape index (κ3) is 4.75. The average molecular weight is 477 g/mol. The third-order valence-corrected chi connectivity index (χ3v) is 7.87. The number of aromatic nitrogens is 3. The first-order valence-electron chi connectivity index (χ1n) is 10.3. The summed E-state index contributed by atoms with van der Waals surface area (Å²) >= 11 is 1.42. The van der Waals surface area contributed by atoms with Crippen LogP contribution in [0.5, 0.6) is 0 Å². The van der Waals surface area contributed by atoms with E-state index >= 15 is 0 Å². The van der Waals surface area contributed by atoms with Gasteiger partial charge in [-0.1, -0.05) is 0 Å². The molecule has 1 aliphatic rings. The molecule has 4 rings (SSSR count). The second-order valence-electron chi connectivity index (χ2n) is 8.85. The van der Waals surface area contributed by atoms with E-state index in [0.717, 1.165) is 21.8 Å². The molecule has 1 saturated heterocycles. The van der Waals surface area contributed by atoms with Gasteiger partial charge in [-0.25, -0.2) is 17.8 Å². The van der Waals surface area contributed by atoms with E-state index in [9.17, 15) is 17.6 Å². The third-order valence-electron chi connectivity index (χ3n) is 5.33. The van der Waals surface area contributed by atoms with Gasteiger partial charge in [0.2, 0.25) is 5.91 Å². The van der Waals surface area contributed by atoms with E-state index in [2.05, 4.69) is 10.1 Å². The molecule has 1 amide bonds. The lowest BCUT2D eigenvalue weighted by molar-refractivity contribution is -0.130. The van der Waals surface area contributed by atoms with E-state index in [4.69, 9.17) is 0 Å². The molecule has 0 aliphatic carbocycles. The van der Waals surface area contributed by atoms with Crippen molar-refractivity contribution in [2.75, 3.05) is 24.6 Å². The summed E-state index contributed by atoms with van der Waals surface area (Å²) in [7, 11) is -3.04. The fourth-order valence-corrected chi connectivity index (χ4v) is 5.67. The van der Waals surface area contributed by atoms with Crippen molar-refractivity contribution in [1.29, 1.82) is 0 Å². The average Bonchev–Trinajstić information content (AvgIpc) is 3.35. The number of halogens is 1. The lowest BCUT2D eigenvalue weighted by Crippen LogP contribution is -2.44. The highest BCUT2D eigenvalue weighted by Crippen LogP contribution is 2.36. The summed E-state index contributed by atoms with van der Waals surface area (Å²) in [6.07, 6.45) is 1.87. The van der Waals surface area contributed by atoms with Gasteiger partial charge < -0.3 is 4.90 Å². The van der Waals surface area contributed by atoms with Crippen molar-refractivity contribution in [3.05, 3.63) is 47.4 Å². The monoisotopic (exact) mass is 476 g/mol. The molecule has 0 radical (unpaired) electrons. The van der Waals surface area contributed by atoms with Gasteiger partial charge in [-0.2, -0.15) is 5.10 Å². The lowest BCUT2D eigenvalue weighted by Gasteiger charge is -2.26. The van der Waals surface area contributed by atoms with Gasteiger partial charge in [-0.15, -0.1) is 11.3 Å². The normalized spacial score (nSPS) is 16.3. The fourth-order valence-electron chi connectivity index (χ4n) is 3.64. The first-order valence-corrected chi connectivity index (χ1v) is 13.0. The molecule has 0 spiro atoms. The zero-order valence-electron chi connectivity index (χ0n) is 18.2. The van der Waals surface area contributed by atoms with Crippen LogP contribution in [0.4, 0.5) is 4.39 Å². The van der Waals surface area contributed by atoms with Crippen LogP contribution in [0.3, 0.4) is 0 Å². The molecular formula is C22H25FN4O3S2. The number of carbonyl (C=O) groups is 1. The summed E-state index contributed by atoms with van der Waals surface area (Å²) in [6, 6.07) is 6.29. The summed E-state index contributed by atoms with van der Waals surface area (Å²) in [4.78, 5) is 18.9. The number of nitrogens with zero attached hydrogens (tertiary/aromatic N) is 4. The highest BCUT2D eigenvalue weighted by molar-refractivity contribution is 7.91. The number of thiazole rings is 1. The topological polar surface area (TPSA) is 85.2 Å². The summed E-state index contributed by atoms with van der Waals surface area (Å²) in [5.74, 6) is -0.416. The molecule has 3 heterocycles. The van der Waals surface area contributed by atoms with Gasteiger partial charge in [-0.05, 0) is 45.0 Å². The van der Waals surface area contributed by atoms with E-state index in [-0.39, 0.29) is 48.3 Å². The molecule has 0 unspecified atom stereocenters. The van der Waals surface area contributed by atoms with Gasteiger partial charge >= 0.3 is 0 Å². The SMILES string of the molecule is CC(C)(C)n1ncc(-c2nc(CC(=O)N3CCS(=O)(=O)CC3)cs2)c1-c1ccc(F)cc1. The molecule has 0 N–H and O–H groups in total. The highest BCUT2D eigenvalue weighted by Gasteiger charge is 2.27. The van der Waals surface area contributed by atoms with Crippen LogP contribution in [0, 0.1) is 5.82 Å². The van der Waals surface area contributed by atoms with Crippen molar-refractivity contribution >= 4 is 27.1 Å². The molecular weight excluding hydrogens is 451 g/mol. The zero-order chi connectivity index (χ0) is 23.1. The predicted molar refractivity (Wildman–Crippen MR) is 123 cm³/mol. The van der Waals surface area contributed by atoms with Crippen molar-refractivity contribution in [2.24, 2.45) is 0 Å². The van der Waals surface area contributed by atoms with Crippen molar-refractivity contribution in [3.8, 4) is 21.8 Å². The van der Waals surface area contributed by atoms with Crippen LogP contribution in [-0.4, -0.2) is 58.6 Å². The van der Waals surface area contributed by atoms with Crippen LogP contribution in [0.25, 0.3) is 21.8 Å². The number of benzene rings is 1. The Labute approximate surface area is 190 Å². The van der Waals surface area contributed by atoms with Crippen molar-refractivity contribution < 1.29 is 17.6 Å². The minimum absolute atomic E-state index is 0.00801. The van der Waals surface area contributed by atoms with Crippen molar-refractivity contribution in [3.63, 3.8) is 0 Å². The van der Waals surface area contributed by atoms with E-state index in [1.54, 1.807) is 23.2 Å². The van der Waals surface area contributed by atoms with Crippen LogP contribution < -0.4 is 0 Å². The Bertz CT molecular complexity index is 1230. The highest BCUT2D eigenvalue weighted by atomic mass is 32.2. The van der Waals surface area contributed by atoms with Gasteiger partial charge in [0.25, 0.3) is 0 Å². The largest absolute Gasteiger partial charge is 0.340 e. The second kappa shape index (κ2) is 8.40. The van der Waals surface area contributed by atoms with Gasteiger partial charge in [-0.3, -0.25) is 9.48 Å². The van der Waals surface area contributed by atoms with Gasteiger partial charge in [0.1, 0.15) is 10.8 Å². The lowest BCUT2D eigenvalue weighted by atomic mass is 10.0. The Kier molecular flexibility index (Phi) is 5.93. The Morgan fingerprint density at radius 3 is 2.44 bits per heavy atom. The molecule has 3 aromatic rings. The maximum Gasteiger partial charge on any atom is 0.228 e. The quantitative estimate of drug-likeness (QED) is 0.576. The number of sulfone groups is 1. The van der Waals surface area contributed by atoms with E-state index in [1.807, 2.05) is 30.8 Å². The maximum absolute atomic E-state index is 13.5. The zero-order valence-corrected chi connectivity index (χ0v) is 19.8. The van der Waals surface area contributed by atoms with Gasteiger partial charge in [0.05, 0.1) is 46.6 Å². The molecule has 7 nitrogen and oxygen atoms in total. The molecule has 32 heavy (non-hydrogen) atoms. The first-order chi connectivity index (χ1) is 15.0. The fraction of sp³-hybridized carbons (Fsp3) is 0.409. The van der Waals surface area contributed by atoms with Crippen LogP contribution in [0.1, 0.15) is 26.5 Å². The molecule has 1 aromatic carbocycles. The number of rotatable bonds is 4. The first kappa shape index (κ1) is 22.6. The molecule has 10 heteroatoms. The van der Waals surface area contributed by atoms with Crippen LogP contribution >= 0.6 is 11.3 Å². The molecule has 0 bridgehead atoms. The van der Waals surface area contributed by atoms with Crippen LogP contribution in [-0.2, 0) is 26.6 Å². The Balaban J connectivity index is 1.61. The molecule has 2 aromatic heterocycles. The van der Waals surface area contributed by atoms with Crippen LogP contribution in [0.2, 0.25) is 0 Å². The number of hydrogen-bond donors (Lipinski definition) is 0. The summed E-state index contributed by atoms with van der Waals surface area (Å²) < 4.78 is 38.6. The molecule has 170 valence electrons. The smallest absolute Gasteiger partial charge is 0.228 e. The maximum atomic E-state index is 13.5. The number of carbonyl (C=O) groups excluding carboxylic acids is 1. The Morgan fingerprint density at radius 2 is 1.81 bits per heavy atom. The van der Waals surface area contributed by atoms with Gasteiger partial charge in [0.15, 0.2) is 9.84 Å². The minimum Gasteiger partial charge on any atom is -0.340 e. The van der Waals surface area contributed by atoms with Crippen molar-refractivity contribution in [2.45, 2.75) is 32.7 Å². The standard InChI is InChI=1S/C22H25FN4O3S2/c1-22(2,3)27-20(15-4-6-16(23)7-5-15)18(13-24-27)21-25-17(14-31-21)12-19(28)26-8-10-32(29,30)11-9-26/h4-7,13-14H,8-12H2,1-3H3. The minimum atomic E-state index is -3.04. The summed E-state index contributed by atoms with van der Waals surface area (Å²) in [5, 5.41) is 7.15. The van der Waals surface area contributed by atoms with E-state index in [1.165, 1.54) is 23.5 Å². The predicted octanol–water partition coefficient (Wildman–Crippen LogP) is 3.37. The Hall–Kier alpha value is -2.59. The van der Waals surface area contributed by atoms with E-state index < -0.39 is 9.84 Å². The molecule has 1 fully saturated rings. The van der Waals surface area contributed by atoms with E-state index in [0.29, 0.717) is 5.69 Å². The molecule has 0 atom stereocenters. The molecule has 0 saturated carbocycles. The summed E-state index contributed by atoms with van der Waals surface area (Å²) in [5.41, 5.74) is 2.82. The van der Waals surface area contributed by atoms with Gasteiger partial charge in [0, 0.05) is 24.0 Å². The summed E-state index contributed by atoms with van der Waals surface area (Å²) in [6.45, 7) is 6.58. The number of amides is 1. The Morgan fingerprint density at radius 1 is 1.16 bits per heavy atom. The second-order valence-corrected chi connectivity index (χ2v) is 12.0.